The van der Waals surface area contributed by atoms with Gasteiger partial charge in [0.05, 0.1) is 11.5 Å². The molecule has 0 aromatic heterocycles. The van der Waals surface area contributed by atoms with E-state index in [1.807, 2.05) is 6.92 Å². The summed E-state index contributed by atoms with van der Waals surface area (Å²) in [6.45, 7) is 1.93. The zero-order valence-electron chi connectivity index (χ0n) is 7.82. The van der Waals surface area contributed by atoms with E-state index in [0.29, 0.717) is 0 Å². The van der Waals surface area contributed by atoms with Gasteiger partial charge in [0.1, 0.15) is 0 Å². The minimum atomic E-state index is -0.602. The number of allylic oxidation sites excluding steroid dienone is 1. The SMILES string of the molecule is CC12NC(=O)OC(=O)C1C1C=CC2C1. The molecule has 2 bridgehead atoms. The van der Waals surface area contributed by atoms with Crippen LogP contribution in [-0.4, -0.2) is 17.6 Å². The summed E-state index contributed by atoms with van der Waals surface area (Å²) in [7, 11) is 0. The van der Waals surface area contributed by atoms with Gasteiger partial charge in [-0.05, 0) is 19.3 Å². The van der Waals surface area contributed by atoms with Crippen molar-refractivity contribution in [1.29, 1.82) is 0 Å². The van der Waals surface area contributed by atoms with Crippen LogP contribution in [0, 0.1) is 17.8 Å². The van der Waals surface area contributed by atoms with Crippen molar-refractivity contribution < 1.29 is 14.3 Å². The van der Waals surface area contributed by atoms with Crippen LogP contribution in [0.5, 0.6) is 0 Å². The topological polar surface area (TPSA) is 55.4 Å². The minimum Gasteiger partial charge on any atom is -0.376 e. The Morgan fingerprint density at radius 3 is 3.07 bits per heavy atom. The first-order valence-electron chi connectivity index (χ1n) is 4.83. The fourth-order valence-corrected chi connectivity index (χ4v) is 3.08. The number of carbonyl (C=O) groups is 2. The fraction of sp³-hybridized carbons (Fsp3) is 0.600. The van der Waals surface area contributed by atoms with Crippen LogP contribution in [-0.2, 0) is 9.53 Å². The third-order valence-corrected chi connectivity index (χ3v) is 3.78. The summed E-state index contributed by atoms with van der Waals surface area (Å²) in [6.07, 6.45) is 4.52. The van der Waals surface area contributed by atoms with E-state index in [1.165, 1.54) is 0 Å². The number of nitrogens with one attached hydrogen (secondary N) is 1. The van der Waals surface area contributed by atoms with Gasteiger partial charge in [0, 0.05) is 5.92 Å². The second-order valence-corrected chi connectivity index (χ2v) is 4.48. The number of hydrogen-bond donors (Lipinski definition) is 1. The predicted molar refractivity (Wildman–Crippen MR) is 47.3 cm³/mol. The van der Waals surface area contributed by atoms with E-state index in [-0.39, 0.29) is 23.7 Å². The molecule has 4 unspecified atom stereocenters. The van der Waals surface area contributed by atoms with Crippen LogP contribution in [0.25, 0.3) is 0 Å². The third kappa shape index (κ3) is 0.744. The molecule has 3 rings (SSSR count). The number of rotatable bonds is 0. The second kappa shape index (κ2) is 2.19. The van der Waals surface area contributed by atoms with Gasteiger partial charge in [-0.2, -0.15) is 0 Å². The molecule has 0 aromatic carbocycles. The summed E-state index contributed by atoms with van der Waals surface area (Å²) >= 11 is 0. The van der Waals surface area contributed by atoms with E-state index in [0.717, 1.165) is 6.42 Å². The van der Waals surface area contributed by atoms with Gasteiger partial charge in [0.2, 0.25) is 0 Å². The number of cyclic esters (lactones) is 2. The highest BCUT2D eigenvalue weighted by atomic mass is 16.6. The third-order valence-electron chi connectivity index (χ3n) is 3.78. The summed E-state index contributed by atoms with van der Waals surface area (Å²) in [6, 6.07) is 0. The van der Waals surface area contributed by atoms with Gasteiger partial charge in [-0.25, -0.2) is 4.79 Å². The minimum absolute atomic E-state index is 0.185. The molecule has 4 heteroatoms. The second-order valence-electron chi connectivity index (χ2n) is 4.48. The lowest BCUT2D eigenvalue weighted by atomic mass is 9.76. The fourth-order valence-electron chi connectivity index (χ4n) is 3.08. The van der Waals surface area contributed by atoms with Gasteiger partial charge in [0.15, 0.2) is 0 Å². The lowest BCUT2D eigenvalue weighted by molar-refractivity contribution is -0.149. The molecule has 0 radical (unpaired) electrons. The molecule has 2 aliphatic carbocycles. The maximum atomic E-state index is 11.6. The molecule has 74 valence electrons. The van der Waals surface area contributed by atoms with Crippen molar-refractivity contribution in [3.05, 3.63) is 12.2 Å². The number of fused-ring (bicyclic) bond motifs is 5. The van der Waals surface area contributed by atoms with Crippen molar-refractivity contribution >= 4 is 12.1 Å². The van der Waals surface area contributed by atoms with Crippen molar-refractivity contribution in [3.63, 3.8) is 0 Å². The average Bonchev–Trinajstić information content (AvgIpc) is 2.59. The number of ether oxygens (including phenoxy) is 1. The summed E-state index contributed by atoms with van der Waals surface area (Å²) < 4.78 is 4.60. The summed E-state index contributed by atoms with van der Waals surface area (Å²) in [5, 5.41) is 2.78. The van der Waals surface area contributed by atoms with Crippen molar-refractivity contribution in [2.75, 3.05) is 0 Å². The molecule has 1 heterocycles. The van der Waals surface area contributed by atoms with E-state index in [9.17, 15) is 9.59 Å². The lowest BCUT2D eigenvalue weighted by Gasteiger charge is -2.40. The Hall–Kier alpha value is -1.32. The van der Waals surface area contributed by atoms with Crippen LogP contribution in [0.15, 0.2) is 12.2 Å². The quantitative estimate of drug-likeness (QED) is 0.352. The standard InChI is InChI=1S/C10H11NO3/c1-10-6-3-2-5(4-6)7(10)8(12)14-9(13)11-10/h2-3,5-7H,4H2,1H3,(H,11,13). The summed E-state index contributed by atoms with van der Waals surface area (Å²) in [5.74, 6) is -0.0179. The van der Waals surface area contributed by atoms with E-state index in [1.54, 1.807) is 0 Å². The van der Waals surface area contributed by atoms with E-state index < -0.39 is 11.6 Å². The largest absolute Gasteiger partial charge is 0.415 e. The van der Waals surface area contributed by atoms with Crippen molar-refractivity contribution in [2.45, 2.75) is 18.9 Å². The number of hydrogen-bond acceptors (Lipinski definition) is 3. The van der Waals surface area contributed by atoms with Crippen LogP contribution in [0.1, 0.15) is 13.3 Å². The first-order chi connectivity index (χ1) is 6.61. The first-order valence-corrected chi connectivity index (χ1v) is 4.83. The lowest BCUT2D eigenvalue weighted by Crippen LogP contribution is -2.61. The molecular formula is C10H11NO3. The zero-order chi connectivity index (χ0) is 9.92. The highest BCUT2D eigenvalue weighted by molar-refractivity contribution is 5.91. The molecule has 1 aliphatic heterocycles. The van der Waals surface area contributed by atoms with E-state index in [2.05, 4.69) is 22.2 Å². The number of alkyl carbamates (subject to hydrolysis) is 1. The number of carbonyl (C=O) groups excluding carboxylic acids is 2. The Balaban J connectivity index is 2.07. The molecule has 4 atom stereocenters. The molecular weight excluding hydrogens is 182 g/mol. The molecule has 3 aliphatic rings. The summed E-state index contributed by atoms with van der Waals surface area (Å²) in [4.78, 5) is 22.7. The molecule has 1 N–H and O–H groups in total. The molecule has 1 amide bonds. The van der Waals surface area contributed by atoms with E-state index in [4.69, 9.17) is 0 Å². The average molecular weight is 193 g/mol. The number of amides is 1. The molecule has 0 aromatic rings. The molecule has 14 heavy (non-hydrogen) atoms. The van der Waals surface area contributed by atoms with Crippen LogP contribution in [0.3, 0.4) is 0 Å². The Morgan fingerprint density at radius 1 is 1.50 bits per heavy atom. The molecule has 1 saturated heterocycles. The maximum absolute atomic E-state index is 11.6. The molecule has 2 fully saturated rings. The van der Waals surface area contributed by atoms with Crippen LogP contribution in [0.4, 0.5) is 4.79 Å². The predicted octanol–water partition coefficient (Wildman–Crippen LogP) is 0.834. The van der Waals surface area contributed by atoms with E-state index >= 15 is 0 Å². The molecule has 4 nitrogen and oxygen atoms in total. The first kappa shape index (κ1) is 8.03. The smallest absolute Gasteiger partial charge is 0.376 e. The van der Waals surface area contributed by atoms with Gasteiger partial charge < -0.3 is 10.1 Å². The normalized spacial score (nSPS) is 48.8. The number of esters is 1. The van der Waals surface area contributed by atoms with Crippen molar-refractivity contribution in [2.24, 2.45) is 17.8 Å². The van der Waals surface area contributed by atoms with Crippen LogP contribution < -0.4 is 5.32 Å². The highest BCUT2D eigenvalue weighted by Crippen LogP contribution is 2.51. The van der Waals surface area contributed by atoms with Crippen LogP contribution >= 0.6 is 0 Å². The highest BCUT2D eigenvalue weighted by Gasteiger charge is 2.60. The van der Waals surface area contributed by atoms with Gasteiger partial charge >= 0.3 is 12.1 Å². The van der Waals surface area contributed by atoms with Gasteiger partial charge in [0.25, 0.3) is 0 Å². The Morgan fingerprint density at radius 2 is 2.29 bits per heavy atom. The summed E-state index contributed by atoms with van der Waals surface area (Å²) in [5.41, 5.74) is -0.411. The van der Waals surface area contributed by atoms with Gasteiger partial charge in [-0.15, -0.1) is 0 Å². The van der Waals surface area contributed by atoms with Gasteiger partial charge in [-0.3, -0.25) is 4.79 Å². The Kier molecular flexibility index (Phi) is 1.25. The maximum Gasteiger partial charge on any atom is 0.415 e. The van der Waals surface area contributed by atoms with Gasteiger partial charge in [-0.1, -0.05) is 12.2 Å². The Labute approximate surface area is 81.3 Å². The van der Waals surface area contributed by atoms with Crippen LogP contribution in [0.2, 0.25) is 0 Å². The zero-order valence-corrected chi connectivity index (χ0v) is 7.82. The monoisotopic (exact) mass is 193 g/mol. The molecule has 1 saturated carbocycles. The van der Waals surface area contributed by atoms with Crippen molar-refractivity contribution in [1.82, 2.24) is 5.32 Å². The van der Waals surface area contributed by atoms with Crippen molar-refractivity contribution in [3.8, 4) is 0 Å². The Bertz CT molecular complexity index is 362. The molecule has 0 spiro atoms.